The Morgan fingerprint density at radius 1 is 1.32 bits per heavy atom. The van der Waals surface area contributed by atoms with Crippen LogP contribution in [-0.2, 0) is 0 Å². The number of pyridine rings is 1. The first-order chi connectivity index (χ1) is 10.5. The molecule has 1 fully saturated rings. The second kappa shape index (κ2) is 6.00. The van der Waals surface area contributed by atoms with Gasteiger partial charge in [0.25, 0.3) is 0 Å². The number of hydrogen-bond acceptors (Lipinski definition) is 6. The summed E-state index contributed by atoms with van der Waals surface area (Å²) in [5.74, 6) is 0.940. The Morgan fingerprint density at radius 2 is 2.09 bits per heavy atom. The van der Waals surface area contributed by atoms with Crippen LogP contribution in [0.4, 0.5) is 16.2 Å². The van der Waals surface area contributed by atoms with E-state index in [1.165, 1.54) is 0 Å². The number of halogens is 1. The Bertz CT molecular complexity index is 683. The lowest BCUT2D eigenvalue weighted by Gasteiger charge is -2.34. The minimum absolute atomic E-state index is 0.445. The lowest BCUT2D eigenvalue weighted by Crippen LogP contribution is -2.48. The smallest absolute Gasteiger partial charge is 0.226 e. The van der Waals surface area contributed by atoms with E-state index in [1.54, 1.807) is 0 Å². The van der Waals surface area contributed by atoms with Crippen LogP contribution in [0.3, 0.4) is 0 Å². The molecule has 0 saturated carbocycles. The maximum Gasteiger partial charge on any atom is 0.226 e. The van der Waals surface area contributed by atoms with Crippen LogP contribution in [0.1, 0.15) is 17.7 Å². The summed E-state index contributed by atoms with van der Waals surface area (Å²) >= 11 is 0. The Balaban J connectivity index is 1.64. The van der Waals surface area contributed by atoms with Crippen molar-refractivity contribution >= 4 is 22.8 Å². The van der Waals surface area contributed by atoms with Gasteiger partial charge in [0.2, 0.25) is 5.95 Å². The molecular weight excluding hydrogens is 283 g/mol. The first kappa shape index (κ1) is 14.9. The number of nitrogen functional groups attached to an aromatic ring is 1. The lowest BCUT2D eigenvalue weighted by atomic mass is 10.1. The molecule has 3 rings (SSSR count). The molecule has 0 radical (unpaired) electrons. The zero-order chi connectivity index (χ0) is 15.7. The van der Waals surface area contributed by atoms with Crippen molar-refractivity contribution in [2.24, 2.45) is 0 Å². The number of alkyl halides is 1. The standard InChI is InChI=1S/C15H21FN6/c1-9-6-10(2)19-14-12(9)13(17)20-15(21-14)18-4-3-5-22-7-11(16)8-22/h6,11H,3-5,7-8H2,1-2H3,(H3,17,18,19,20,21). The number of likely N-dealkylation sites (tertiary alicyclic amines) is 1. The van der Waals surface area contributed by atoms with Gasteiger partial charge in [0.05, 0.1) is 5.39 Å². The van der Waals surface area contributed by atoms with E-state index in [0.717, 1.165) is 36.2 Å². The van der Waals surface area contributed by atoms with Crippen LogP contribution in [0.5, 0.6) is 0 Å². The first-order valence-electron chi connectivity index (χ1n) is 7.54. The number of aryl methyl sites for hydroxylation is 2. The average molecular weight is 304 g/mol. The normalized spacial score (nSPS) is 16.0. The fourth-order valence-electron chi connectivity index (χ4n) is 2.78. The predicted octanol–water partition coefficient (Wildman–Crippen LogP) is 1.68. The highest BCUT2D eigenvalue weighted by atomic mass is 19.1. The van der Waals surface area contributed by atoms with E-state index in [9.17, 15) is 4.39 Å². The van der Waals surface area contributed by atoms with Gasteiger partial charge in [-0.05, 0) is 31.9 Å². The predicted molar refractivity (Wildman–Crippen MR) is 85.7 cm³/mol. The summed E-state index contributed by atoms with van der Waals surface area (Å²) in [6.07, 6.45) is 0.267. The van der Waals surface area contributed by atoms with Crippen molar-refractivity contribution < 1.29 is 4.39 Å². The van der Waals surface area contributed by atoms with Crippen LogP contribution >= 0.6 is 0 Å². The topological polar surface area (TPSA) is 80.0 Å². The number of aromatic nitrogens is 3. The number of anilines is 2. The second-order valence-corrected chi connectivity index (χ2v) is 5.85. The molecule has 3 N–H and O–H groups in total. The van der Waals surface area contributed by atoms with E-state index in [1.807, 2.05) is 19.9 Å². The zero-order valence-electron chi connectivity index (χ0n) is 12.9. The zero-order valence-corrected chi connectivity index (χ0v) is 12.9. The molecule has 22 heavy (non-hydrogen) atoms. The van der Waals surface area contributed by atoms with Gasteiger partial charge in [-0.15, -0.1) is 0 Å². The summed E-state index contributed by atoms with van der Waals surface area (Å²) in [5.41, 5.74) is 8.59. The molecule has 0 aliphatic carbocycles. The number of nitrogens with zero attached hydrogens (tertiary/aromatic N) is 4. The van der Waals surface area contributed by atoms with Gasteiger partial charge >= 0.3 is 0 Å². The van der Waals surface area contributed by atoms with Crippen molar-refractivity contribution in [3.8, 4) is 0 Å². The average Bonchev–Trinajstić information content (AvgIpc) is 2.39. The van der Waals surface area contributed by atoms with Crippen LogP contribution in [0.2, 0.25) is 0 Å². The Morgan fingerprint density at radius 3 is 2.82 bits per heavy atom. The van der Waals surface area contributed by atoms with Gasteiger partial charge < -0.3 is 11.1 Å². The molecule has 118 valence electrons. The lowest BCUT2D eigenvalue weighted by molar-refractivity contribution is 0.0657. The van der Waals surface area contributed by atoms with Crippen molar-refractivity contribution in [2.45, 2.75) is 26.4 Å². The van der Waals surface area contributed by atoms with Crippen LogP contribution in [-0.4, -0.2) is 52.2 Å². The number of hydrogen-bond donors (Lipinski definition) is 2. The van der Waals surface area contributed by atoms with E-state index in [-0.39, 0.29) is 0 Å². The molecule has 7 heteroatoms. The molecular formula is C15H21FN6. The van der Waals surface area contributed by atoms with E-state index in [4.69, 9.17) is 5.73 Å². The van der Waals surface area contributed by atoms with Crippen molar-refractivity contribution in [3.63, 3.8) is 0 Å². The number of fused-ring (bicyclic) bond motifs is 1. The maximum absolute atomic E-state index is 12.7. The number of nitrogens with two attached hydrogens (primary N) is 1. The van der Waals surface area contributed by atoms with Gasteiger partial charge in [-0.25, -0.2) is 9.37 Å². The van der Waals surface area contributed by atoms with Gasteiger partial charge in [0.15, 0.2) is 5.65 Å². The summed E-state index contributed by atoms with van der Waals surface area (Å²) in [7, 11) is 0. The molecule has 1 aliphatic heterocycles. The first-order valence-corrected chi connectivity index (χ1v) is 7.54. The third kappa shape index (κ3) is 3.09. The Hall–Kier alpha value is -2.02. The quantitative estimate of drug-likeness (QED) is 0.818. The van der Waals surface area contributed by atoms with E-state index >= 15 is 0 Å². The highest BCUT2D eigenvalue weighted by Crippen LogP contribution is 2.22. The Kier molecular flexibility index (Phi) is 4.06. The summed E-state index contributed by atoms with van der Waals surface area (Å²) in [4.78, 5) is 15.2. The van der Waals surface area contributed by atoms with E-state index in [0.29, 0.717) is 30.5 Å². The third-order valence-electron chi connectivity index (χ3n) is 3.87. The highest BCUT2D eigenvalue weighted by Gasteiger charge is 2.24. The molecule has 0 bridgehead atoms. The van der Waals surface area contributed by atoms with E-state index < -0.39 is 6.17 Å². The molecule has 0 atom stereocenters. The summed E-state index contributed by atoms with van der Waals surface area (Å²) in [5, 5.41) is 3.98. The molecule has 6 nitrogen and oxygen atoms in total. The molecule has 0 unspecified atom stereocenters. The van der Waals surface area contributed by atoms with Gasteiger partial charge in [-0.3, -0.25) is 4.90 Å². The third-order valence-corrected chi connectivity index (χ3v) is 3.87. The molecule has 3 heterocycles. The van der Waals surface area contributed by atoms with Gasteiger partial charge in [-0.1, -0.05) is 0 Å². The highest BCUT2D eigenvalue weighted by molar-refractivity contribution is 5.89. The second-order valence-electron chi connectivity index (χ2n) is 5.85. The van der Waals surface area contributed by atoms with Crippen LogP contribution < -0.4 is 11.1 Å². The van der Waals surface area contributed by atoms with Gasteiger partial charge in [-0.2, -0.15) is 9.97 Å². The SMILES string of the molecule is Cc1cc(C)c2c(N)nc(NCCCN3CC(F)C3)nc2n1. The monoisotopic (exact) mass is 304 g/mol. The van der Waals surface area contributed by atoms with Gasteiger partial charge in [0, 0.05) is 31.9 Å². The number of nitrogens with one attached hydrogen (secondary N) is 1. The van der Waals surface area contributed by atoms with Crippen molar-refractivity contribution in [3.05, 3.63) is 17.3 Å². The van der Waals surface area contributed by atoms with Gasteiger partial charge in [0.1, 0.15) is 12.0 Å². The maximum atomic E-state index is 12.7. The fraction of sp³-hybridized carbons (Fsp3) is 0.533. The molecule has 2 aromatic rings. The molecule has 0 amide bonds. The van der Waals surface area contributed by atoms with Crippen molar-refractivity contribution in [1.82, 2.24) is 19.9 Å². The molecule has 0 aromatic carbocycles. The molecule has 1 aliphatic rings. The molecule has 2 aromatic heterocycles. The van der Waals surface area contributed by atoms with E-state index in [2.05, 4.69) is 25.2 Å². The molecule has 0 spiro atoms. The van der Waals surface area contributed by atoms with Crippen molar-refractivity contribution in [2.75, 3.05) is 37.2 Å². The summed E-state index contributed by atoms with van der Waals surface area (Å²) in [6, 6.07) is 1.97. The largest absolute Gasteiger partial charge is 0.383 e. The van der Waals surface area contributed by atoms with Crippen LogP contribution in [0.25, 0.3) is 11.0 Å². The fourth-order valence-corrected chi connectivity index (χ4v) is 2.78. The Labute approximate surface area is 129 Å². The summed E-state index contributed by atoms with van der Waals surface area (Å²) < 4.78 is 12.7. The van der Waals surface area contributed by atoms with Crippen molar-refractivity contribution in [1.29, 1.82) is 0 Å². The minimum Gasteiger partial charge on any atom is -0.383 e. The summed E-state index contributed by atoms with van der Waals surface area (Å²) in [6.45, 7) is 6.64. The van der Waals surface area contributed by atoms with Crippen LogP contribution in [0, 0.1) is 13.8 Å². The molecule has 1 saturated heterocycles. The number of rotatable bonds is 5. The minimum atomic E-state index is -0.644. The van der Waals surface area contributed by atoms with Crippen LogP contribution in [0.15, 0.2) is 6.07 Å².